The van der Waals surface area contributed by atoms with E-state index in [1.165, 1.54) is 0 Å². The van der Waals surface area contributed by atoms with Crippen LogP contribution in [0.25, 0.3) is 0 Å². The highest BCUT2D eigenvalue weighted by atomic mass is 16.5. The summed E-state index contributed by atoms with van der Waals surface area (Å²) in [6.45, 7) is 1.34. The van der Waals surface area contributed by atoms with Crippen LogP contribution in [0.2, 0.25) is 0 Å². The molecule has 33 heavy (non-hydrogen) atoms. The van der Waals surface area contributed by atoms with Crippen LogP contribution in [0.1, 0.15) is 22.3 Å². The molecule has 7 nitrogen and oxygen atoms in total. The van der Waals surface area contributed by atoms with Crippen LogP contribution in [-0.2, 0) is 6.42 Å². The van der Waals surface area contributed by atoms with Crippen molar-refractivity contribution in [1.82, 2.24) is 5.32 Å². The number of carbonyl (C=O) groups is 1. The average molecular weight is 448 g/mol. The van der Waals surface area contributed by atoms with Gasteiger partial charge >= 0.3 is 0 Å². The van der Waals surface area contributed by atoms with Crippen molar-refractivity contribution >= 4 is 17.3 Å². The molecule has 0 bridgehead atoms. The SMILES string of the molecule is NC(=O)c1ccc(Nc2ccc3c(c2)CC[C@H](CNC[C@H](O)COc2ccccc2)O3)cc1. The highest BCUT2D eigenvalue weighted by molar-refractivity contribution is 5.93. The van der Waals surface area contributed by atoms with E-state index in [0.717, 1.165) is 41.3 Å². The second-order valence-electron chi connectivity index (χ2n) is 8.10. The largest absolute Gasteiger partial charge is 0.491 e. The van der Waals surface area contributed by atoms with E-state index < -0.39 is 12.0 Å². The zero-order valence-corrected chi connectivity index (χ0v) is 18.4. The van der Waals surface area contributed by atoms with Crippen molar-refractivity contribution in [2.75, 3.05) is 25.0 Å². The summed E-state index contributed by atoms with van der Waals surface area (Å²) in [5.74, 6) is 1.20. The molecule has 1 aliphatic rings. The second-order valence-corrected chi connectivity index (χ2v) is 8.10. The number of primary amides is 1. The minimum Gasteiger partial charge on any atom is -0.491 e. The number of carbonyl (C=O) groups excluding carboxylic acids is 1. The molecule has 3 aromatic rings. The predicted octanol–water partition coefficient (Wildman–Crippen LogP) is 3.25. The van der Waals surface area contributed by atoms with E-state index in [1.807, 2.05) is 54.6 Å². The van der Waals surface area contributed by atoms with Gasteiger partial charge in [0.15, 0.2) is 0 Å². The lowest BCUT2D eigenvalue weighted by molar-refractivity contribution is 0.0996. The molecule has 5 N–H and O–H groups in total. The maximum absolute atomic E-state index is 11.2. The quantitative estimate of drug-likeness (QED) is 0.380. The van der Waals surface area contributed by atoms with Gasteiger partial charge in [0.2, 0.25) is 5.91 Å². The molecule has 0 aromatic heterocycles. The lowest BCUT2D eigenvalue weighted by Crippen LogP contribution is -2.39. The summed E-state index contributed by atoms with van der Waals surface area (Å²) >= 11 is 0. The first kappa shape index (κ1) is 22.6. The van der Waals surface area contributed by atoms with Crippen LogP contribution in [0.5, 0.6) is 11.5 Å². The third kappa shape index (κ3) is 6.47. The number of para-hydroxylation sites is 1. The maximum Gasteiger partial charge on any atom is 0.248 e. The lowest BCUT2D eigenvalue weighted by atomic mass is 10.0. The minimum absolute atomic E-state index is 0.0555. The number of aliphatic hydroxyl groups excluding tert-OH is 1. The number of hydrogen-bond acceptors (Lipinski definition) is 6. The van der Waals surface area contributed by atoms with Crippen molar-refractivity contribution in [3.05, 3.63) is 83.9 Å². The Hall–Kier alpha value is -3.55. The van der Waals surface area contributed by atoms with Crippen LogP contribution < -0.4 is 25.8 Å². The molecule has 0 saturated heterocycles. The number of nitrogens with two attached hydrogens (primary N) is 1. The average Bonchev–Trinajstić information content (AvgIpc) is 2.84. The highest BCUT2D eigenvalue weighted by Gasteiger charge is 2.20. The number of benzene rings is 3. The van der Waals surface area contributed by atoms with Crippen molar-refractivity contribution < 1.29 is 19.4 Å². The first-order valence-corrected chi connectivity index (χ1v) is 11.1. The molecule has 0 saturated carbocycles. The van der Waals surface area contributed by atoms with Gasteiger partial charge in [-0.1, -0.05) is 18.2 Å². The first-order valence-electron chi connectivity index (χ1n) is 11.1. The smallest absolute Gasteiger partial charge is 0.248 e. The van der Waals surface area contributed by atoms with Gasteiger partial charge in [-0.2, -0.15) is 0 Å². The molecule has 0 radical (unpaired) electrons. The molecular weight excluding hydrogens is 418 g/mol. The number of nitrogens with one attached hydrogen (secondary N) is 2. The van der Waals surface area contributed by atoms with Gasteiger partial charge in [0.05, 0.1) is 0 Å². The van der Waals surface area contributed by atoms with Gasteiger partial charge < -0.3 is 30.9 Å². The number of fused-ring (bicyclic) bond motifs is 1. The van der Waals surface area contributed by atoms with Crippen molar-refractivity contribution in [2.45, 2.75) is 25.0 Å². The Bertz CT molecular complexity index is 1060. The van der Waals surface area contributed by atoms with Gasteiger partial charge in [-0.05, 0) is 73.0 Å². The van der Waals surface area contributed by atoms with Crippen molar-refractivity contribution in [3.8, 4) is 11.5 Å². The van der Waals surface area contributed by atoms with Crippen LogP contribution >= 0.6 is 0 Å². The third-order valence-electron chi connectivity index (χ3n) is 5.49. The lowest BCUT2D eigenvalue weighted by Gasteiger charge is -2.27. The number of aryl methyl sites for hydroxylation is 1. The Labute approximate surface area is 193 Å². The number of amides is 1. The zero-order valence-electron chi connectivity index (χ0n) is 18.4. The van der Waals surface area contributed by atoms with Gasteiger partial charge in [0.25, 0.3) is 0 Å². The van der Waals surface area contributed by atoms with Gasteiger partial charge in [0.1, 0.15) is 30.3 Å². The maximum atomic E-state index is 11.2. The molecule has 4 rings (SSSR count). The topological polar surface area (TPSA) is 106 Å². The van der Waals surface area contributed by atoms with E-state index in [4.69, 9.17) is 15.2 Å². The third-order valence-corrected chi connectivity index (χ3v) is 5.49. The first-order chi connectivity index (χ1) is 16.1. The normalized spacial score (nSPS) is 15.7. The van der Waals surface area contributed by atoms with E-state index >= 15 is 0 Å². The Morgan fingerprint density at radius 3 is 2.61 bits per heavy atom. The number of hydrogen-bond donors (Lipinski definition) is 4. The molecule has 0 unspecified atom stereocenters. The molecular formula is C26H29N3O4. The fourth-order valence-electron chi connectivity index (χ4n) is 3.73. The summed E-state index contributed by atoms with van der Waals surface area (Å²) in [4.78, 5) is 11.2. The van der Waals surface area contributed by atoms with E-state index in [-0.39, 0.29) is 12.7 Å². The Morgan fingerprint density at radius 1 is 1.09 bits per heavy atom. The van der Waals surface area contributed by atoms with E-state index in [2.05, 4.69) is 16.7 Å². The summed E-state index contributed by atoms with van der Waals surface area (Å²) in [5, 5.41) is 16.8. The van der Waals surface area contributed by atoms with Gasteiger partial charge in [-0.15, -0.1) is 0 Å². The van der Waals surface area contributed by atoms with Crippen molar-refractivity contribution in [2.24, 2.45) is 5.73 Å². The fourth-order valence-corrected chi connectivity index (χ4v) is 3.73. The summed E-state index contributed by atoms with van der Waals surface area (Å²) in [6, 6.07) is 22.6. The van der Waals surface area contributed by atoms with Gasteiger partial charge in [0, 0.05) is 30.0 Å². The van der Waals surface area contributed by atoms with Crippen LogP contribution in [0.15, 0.2) is 72.8 Å². The fraction of sp³-hybridized carbons (Fsp3) is 0.269. The molecule has 0 fully saturated rings. The number of aliphatic hydroxyl groups is 1. The van der Waals surface area contributed by atoms with E-state index in [1.54, 1.807) is 12.1 Å². The minimum atomic E-state index is -0.591. The summed E-state index contributed by atoms with van der Waals surface area (Å²) in [5.41, 5.74) is 8.77. The molecule has 7 heteroatoms. The Balaban J connectivity index is 1.22. The van der Waals surface area contributed by atoms with Crippen LogP contribution in [0, 0.1) is 0 Å². The van der Waals surface area contributed by atoms with Gasteiger partial charge in [-0.3, -0.25) is 4.79 Å². The summed E-state index contributed by atoms with van der Waals surface area (Å²) in [6.07, 6.45) is 1.27. The zero-order chi connectivity index (χ0) is 23.0. The number of ether oxygens (including phenoxy) is 2. The molecule has 1 amide bonds. The summed E-state index contributed by atoms with van der Waals surface area (Å²) in [7, 11) is 0. The van der Waals surface area contributed by atoms with Crippen molar-refractivity contribution in [1.29, 1.82) is 0 Å². The predicted molar refractivity (Wildman–Crippen MR) is 128 cm³/mol. The van der Waals surface area contributed by atoms with Crippen molar-refractivity contribution in [3.63, 3.8) is 0 Å². The van der Waals surface area contributed by atoms with Gasteiger partial charge in [-0.25, -0.2) is 0 Å². The molecule has 0 spiro atoms. The monoisotopic (exact) mass is 447 g/mol. The van der Waals surface area contributed by atoms with Crippen LogP contribution in [0.3, 0.4) is 0 Å². The number of anilines is 2. The highest BCUT2D eigenvalue weighted by Crippen LogP contribution is 2.31. The van der Waals surface area contributed by atoms with E-state index in [0.29, 0.717) is 18.7 Å². The van der Waals surface area contributed by atoms with E-state index in [9.17, 15) is 9.90 Å². The molecule has 3 aromatic carbocycles. The second kappa shape index (κ2) is 10.8. The summed E-state index contributed by atoms with van der Waals surface area (Å²) < 4.78 is 11.7. The molecule has 172 valence electrons. The molecule has 0 aliphatic carbocycles. The standard InChI is InChI=1S/C26H29N3O4/c27-26(31)18-6-9-20(10-7-18)29-21-11-13-25-19(14-21)8-12-24(33-25)16-28-15-22(30)17-32-23-4-2-1-3-5-23/h1-7,9-11,13-14,22,24,28-30H,8,12,15-17H2,(H2,27,31)/t22-,24+/m0/s1. The Kier molecular flexibility index (Phi) is 7.44. The Morgan fingerprint density at radius 2 is 1.85 bits per heavy atom. The van der Waals surface area contributed by atoms with Crippen LogP contribution in [0.4, 0.5) is 11.4 Å². The molecule has 1 aliphatic heterocycles. The van der Waals surface area contributed by atoms with Crippen LogP contribution in [-0.4, -0.2) is 42.9 Å². The molecule has 1 heterocycles. The number of rotatable bonds is 10. The molecule has 2 atom stereocenters.